The molecule has 0 aliphatic carbocycles. The van der Waals surface area contributed by atoms with Gasteiger partial charge in [-0.15, -0.1) is 0 Å². The molecule has 0 fully saturated rings. The van der Waals surface area contributed by atoms with Crippen molar-refractivity contribution in [2.45, 2.75) is 18.4 Å². The summed E-state index contributed by atoms with van der Waals surface area (Å²) in [6, 6.07) is 19.8. The van der Waals surface area contributed by atoms with Gasteiger partial charge in [0.25, 0.3) is 0 Å². The number of aryl methyl sites for hydroxylation is 1. The van der Waals surface area contributed by atoms with E-state index in [9.17, 15) is 4.79 Å². The Morgan fingerprint density at radius 3 is 2.28 bits per heavy atom. The summed E-state index contributed by atoms with van der Waals surface area (Å²) >= 11 is 1.25. The molecular formula is C20H18N2O2S. The van der Waals surface area contributed by atoms with E-state index >= 15 is 0 Å². The highest BCUT2D eigenvalue weighted by molar-refractivity contribution is 7.99. The minimum absolute atomic E-state index is 0.0214. The van der Waals surface area contributed by atoms with E-state index in [0.29, 0.717) is 12.2 Å². The van der Waals surface area contributed by atoms with E-state index in [1.807, 2.05) is 55.5 Å². The number of aliphatic carboxylic acids is 1. The van der Waals surface area contributed by atoms with Gasteiger partial charge in [0.1, 0.15) is 5.03 Å². The van der Waals surface area contributed by atoms with Crippen LogP contribution in [0.15, 0.2) is 65.7 Å². The standard InChI is InChI=1S/C20H18N2O2S/c1-14-17(12-15-8-4-2-5-9-15)20(25-13-18(23)24)22-19(21-14)16-10-6-3-7-11-16/h2-11H,12-13H2,1H3,(H,23,24). The highest BCUT2D eigenvalue weighted by Crippen LogP contribution is 2.28. The van der Waals surface area contributed by atoms with E-state index in [1.165, 1.54) is 11.8 Å². The fourth-order valence-electron chi connectivity index (χ4n) is 2.54. The molecule has 2 aromatic carbocycles. The second-order valence-electron chi connectivity index (χ2n) is 5.63. The number of carbonyl (C=O) groups is 1. The van der Waals surface area contributed by atoms with E-state index in [-0.39, 0.29) is 5.75 Å². The molecule has 0 aliphatic heterocycles. The smallest absolute Gasteiger partial charge is 0.313 e. The van der Waals surface area contributed by atoms with Crippen molar-refractivity contribution in [3.63, 3.8) is 0 Å². The fraction of sp³-hybridized carbons (Fsp3) is 0.150. The normalized spacial score (nSPS) is 10.6. The van der Waals surface area contributed by atoms with Crippen LogP contribution in [0.2, 0.25) is 0 Å². The zero-order chi connectivity index (χ0) is 17.6. The predicted octanol–water partition coefficient (Wildman–Crippen LogP) is 4.22. The summed E-state index contributed by atoms with van der Waals surface area (Å²) in [6.07, 6.45) is 0.684. The maximum absolute atomic E-state index is 11.0. The molecule has 1 heterocycles. The van der Waals surface area contributed by atoms with E-state index in [1.54, 1.807) is 0 Å². The van der Waals surface area contributed by atoms with Crippen LogP contribution in [0.4, 0.5) is 0 Å². The van der Waals surface area contributed by atoms with Gasteiger partial charge in [0.15, 0.2) is 5.82 Å². The lowest BCUT2D eigenvalue weighted by Gasteiger charge is -2.13. The van der Waals surface area contributed by atoms with Crippen molar-refractivity contribution in [2.24, 2.45) is 0 Å². The first-order valence-corrected chi connectivity index (χ1v) is 8.93. The minimum Gasteiger partial charge on any atom is -0.481 e. The molecule has 3 aromatic rings. The molecule has 1 N–H and O–H groups in total. The van der Waals surface area contributed by atoms with Gasteiger partial charge in [0, 0.05) is 23.2 Å². The maximum atomic E-state index is 11.0. The Morgan fingerprint density at radius 2 is 1.64 bits per heavy atom. The number of benzene rings is 2. The molecule has 0 radical (unpaired) electrons. The van der Waals surface area contributed by atoms with E-state index < -0.39 is 5.97 Å². The molecule has 4 nitrogen and oxygen atoms in total. The van der Waals surface area contributed by atoms with Gasteiger partial charge in [-0.25, -0.2) is 9.97 Å². The summed E-state index contributed by atoms with van der Waals surface area (Å²) in [7, 11) is 0. The molecule has 25 heavy (non-hydrogen) atoms. The highest BCUT2D eigenvalue weighted by Gasteiger charge is 2.15. The van der Waals surface area contributed by atoms with E-state index in [0.717, 1.165) is 27.4 Å². The summed E-state index contributed by atoms with van der Waals surface area (Å²) < 4.78 is 0. The van der Waals surface area contributed by atoms with Gasteiger partial charge >= 0.3 is 5.97 Å². The Kier molecular flexibility index (Phi) is 5.46. The second kappa shape index (κ2) is 7.94. The average Bonchev–Trinajstić information content (AvgIpc) is 2.63. The largest absolute Gasteiger partial charge is 0.481 e. The molecule has 3 rings (SSSR count). The first kappa shape index (κ1) is 17.2. The molecular weight excluding hydrogens is 332 g/mol. The van der Waals surface area contributed by atoms with Crippen molar-refractivity contribution in [3.8, 4) is 11.4 Å². The van der Waals surface area contributed by atoms with Crippen LogP contribution >= 0.6 is 11.8 Å². The van der Waals surface area contributed by atoms with Gasteiger partial charge in [-0.1, -0.05) is 72.4 Å². The molecule has 0 saturated heterocycles. The lowest BCUT2D eigenvalue weighted by atomic mass is 10.1. The van der Waals surface area contributed by atoms with Crippen LogP contribution < -0.4 is 0 Å². The molecule has 0 aliphatic rings. The molecule has 0 amide bonds. The minimum atomic E-state index is -0.854. The lowest BCUT2D eigenvalue weighted by Crippen LogP contribution is -2.05. The topological polar surface area (TPSA) is 63.1 Å². The van der Waals surface area contributed by atoms with Gasteiger partial charge in [-0.2, -0.15) is 0 Å². The van der Waals surface area contributed by atoms with Crippen LogP contribution in [0.3, 0.4) is 0 Å². The number of carboxylic acids is 1. The molecule has 0 bridgehead atoms. The fourth-order valence-corrected chi connectivity index (χ4v) is 3.34. The number of hydrogen-bond acceptors (Lipinski definition) is 4. The van der Waals surface area contributed by atoms with Crippen molar-refractivity contribution in [1.29, 1.82) is 0 Å². The summed E-state index contributed by atoms with van der Waals surface area (Å²) in [5, 5.41) is 9.78. The molecule has 5 heteroatoms. The number of thioether (sulfide) groups is 1. The Labute approximate surface area is 151 Å². The first-order chi connectivity index (χ1) is 12.1. The van der Waals surface area contributed by atoms with Crippen molar-refractivity contribution in [1.82, 2.24) is 9.97 Å². The molecule has 0 spiro atoms. The third-order valence-electron chi connectivity index (χ3n) is 3.76. The summed E-state index contributed by atoms with van der Waals surface area (Å²) in [5.41, 5.74) is 3.94. The zero-order valence-corrected chi connectivity index (χ0v) is 14.7. The molecule has 126 valence electrons. The summed E-state index contributed by atoms with van der Waals surface area (Å²) in [5.74, 6) is -0.247. The van der Waals surface area contributed by atoms with E-state index in [4.69, 9.17) is 5.11 Å². The third-order valence-corrected chi connectivity index (χ3v) is 4.77. The monoisotopic (exact) mass is 350 g/mol. The van der Waals surface area contributed by atoms with Crippen LogP contribution in [0.25, 0.3) is 11.4 Å². The van der Waals surface area contributed by atoms with Gasteiger partial charge in [0.2, 0.25) is 0 Å². The Bertz CT molecular complexity index is 868. The molecule has 1 aromatic heterocycles. The summed E-state index contributed by atoms with van der Waals surface area (Å²) in [4.78, 5) is 20.3. The number of hydrogen-bond donors (Lipinski definition) is 1. The summed E-state index contributed by atoms with van der Waals surface area (Å²) in [6.45, 7) is 1.96. The Hall–Kier alpha value is -2.66. The van der Waals surface area contributed by atoms with Crippen LogP contribution in [0.1, 0.15) is 16.8 Å². The lowest BCUT2D eigenvalue weighted by molar-refractivity contribution is -0.133. The molecule has 0 saturated carbocycles. The Balaban J connectivity index is 2.01. The highest BCUT2D eigenvalue weighted by atomic mass is 32.2. The number of rotatable bonds is 6. The SMILES string of the molecule is Cc1nc(-c2ccccc2)nc(SCC(=O)O)c1Cc1ccccc1. The van der Waals surface area contributed by atoms with Crippen LogP contribution in [0.5, 0.6) is 0 Å². The third kappa shape index (κ3) is 4.45. The zero-order valence-electron chi connectivity index (χ0n) is 13.8. The van der Waals surface area contributed by atoms with Crippen molar-refractivity contribution in [3.05, 3.63) is 77.5 Å². The van der Waals surface area contributed by atoms with Gasteiger partial charge in [0.05, 0.1) is 5.75 Å². The maximum Gasteiger partial charge on any atom is 0.313 e. The van der Waals surface area contributed by atoms with Crippen LogP contribution in [0, 0.1) is 6.92 Å². The van der Waals surface area contributed by atoms with Crippen LogP contribution in [-0.4, -0.2) is 26.8 Å². The average molecular weight is 350 g/mol. The first-order valence-electron chi connectivity index (χ1n) is 7.95. The number of carboxylic acid groups (broad SMARTS) is 1. The van der Waals surface area contributed by atoms with Gasteiger partial charge in [-0.3, -0.25) is 4.79 Å². The predicted molar refractivity (Wildman–Crippen MR) is 99.8 cm³/mol. The number of nitrogens with zero attached hydrogens (tertiary/aromatic N) is 2. The molecule has 0 unspecified atom stereocenters. The van der Waals surface area contributed by atoms with Crippen molar-refractivity contribution in [2.75, 3.05) is 5.75 Å². The van der Waals surface area contributed by atoms with Crippen LogP contribution in [-0.2, 0) is 11.2 Å². The van der Waals surface area contributed by atoms with Gasteiger partial charge in [-0.05, 0) is 12.5 Å². The molecule has 0 atom stereocenters. The Morgan fingerprint density at radius 1 is 1.00 bits per heavy atom. The second-order valence-corrected chi connectivity index (χ2v) is 6.59. The number of aromatic nitrogens is 2. The van der Waals surface area contributed by atoms with Gasteiger partial charge < -0.3 is 5.11 Å². The van der Waals surface area contributed by atoms with E-state index in [2.05, 4.69) is 22.1 Å². The van der Waals surface area contributed by atoms with Crippen molar-refractivity contribution >= 4 is 17.7 Å². The van der Waals surface area contributed by atoms with Crippen molar-refractivity contribution < 1.29 is 9.90 Å². The quantitative estimate of drug-likeness (QED) is 0.533.